The lowest BCUT2D eigenvalue weighted by Gasteiger charge is -2.32. The summed E-state index contributed by atoms with van der Waals surface area (Å²) in [5.74, 6) is 0.164. The molecule has 5 rings (SSSR count). The van der Waals surface area contributed by atoms with Gasteiger partial charge in [0.15, 0.2) is 0 Å². The molecule has 2 aromatic carbocycles. The number of halogens is 1. The van der Waals surface area contributed by atoms with Gasteiger partial charge >= 0.3 is 6.03 Å². The molecule has 3 aromatic rings. The summed E-state index contributed by atoms with van der Waals surface area (Å²) in [5, 5.41) is 4.13. The molecule has 1 aromatic heterocycles. The Bertz CT molecular complexity index is 1090. The second-order valence-corrected chi connectivity index (χ2v) is 8.98. The Morgan fingerprint density at radius 1 is 1.00 bits per heavy atom. The molecule has 3 heterocycles. The molecule has 2 fully saturated rings. The number of nitrogens with zero attached hydrogens (tertiary/aromatic N) is 3. The number of nitrogens with one attached hydrogen (secondary N) is 1. The Kier molecular flexibility index (Phi) is 6.04. The van der Waals surface area contributed by atoms with Crippen molar-refractivity contribution in [3.63, 3.8) is 0 Å². The maximum absolute atomic E-state index is 13.2. The predicted molar refractivity (Wildman–Crippen MR) is 125 cm³/mol. The summed E-state index contributed by atoms with van der Waals surface area (Å²) in [4.78, 5) is 21.7. The Balaban J connectivity index is 1.18. The molecule has 0 radical (unpaired) electrons. The van der Waals surface area contributed by atoms with Gasteiger partial charge in [-0.25, -0.2) is 9.18 Å². The highest BCUT2D eigenvalue weighted by Crippen LogP contribution is 2.28. The van der Waals surface area contributed by atoms with Crippen molar-refractivity contribution in [3.8, 4) is 0 Å². The van der Waals surface area contributed by atoms with Crippen molar-refractivity contribution in [3.05, 3.63) is 71.7 Å². The van der Waals surface area contributed by atoms with Crippen LogP contribution < -0.4 is 5.32 Å². The van der Waals surface area contributed by atoms with E-state index in [-0.39, 0.29) is 11.8 Å². The van der Waals surface area contributed by atoms with Crippen LogP contribution in [0.3, 0.4) is 0 Å². The van der Waals surface area contributed by atoms with Gasteiger partial charge in [-0.3, -0.25) is 9.88 Å². The first-order chi connectivity index (χ1) is 15.6. The quantitative estimate of drug-likeness (QED) is 0.602. The molecule has 2 amide bonds. The second-order valence-electron chi connectivity index (χ2n) is 8.98. The molecule has 1 N–H and O–H groups in total. The van der Waals surface area contributed by atoms with E-state index in [1.807, 2.05) is 41.4 Å². The Morgan fingerprint density at radius 2 is 1.75 bits per heavy atom. The van der Waals surface area contributed by atoms with Crippen LogP contribution in [0, 0.1) is 5.82 Å². The minimum Gasteiger partial charge on any atom is -0.324 e. The molecule has 0 bridgehead atoms. The number of carbonyl (C=O) groups is 1. The summed E-state index contributed by atoms with van der Waals surface area (Å²) in [6.45, 7) is 4.68. The summed E-state index contributed by atoms with van der Waals surface area (Å²) in [5.41, 5.74) is 4.04. The number of benzene rings is 2. The van der Waals surface area contributed by atoms with Crippen LogP contribution in [0.25, 0.3) is 10.9 Å². The van der Waals surface area contributed by atoms with Gasteiger partial charge in [-0.05, 0) is 86.1 Å². The molecule has 166 valence electrons. The molecule has 0 unspecified atom stereocenters. The topological polar surface area (TPSA) is 48.5 Å². The summed E-state index contributed by atoms with van der Waals surface area (Å²) in [7, 11) is 0. The number of carbonyl (C=O) groups excluding carboxylic acids is 1. The van der Waals surface area contributed by atoms with Crippen molar-refractivity contribution in [2.45, 2.75) is 38.1 Å². The molecule has 32 heavy (non-hydrogen) atoms. The molecule has 0 atom stereocenters. The second kappa shape index (κ2) is 9.25. The molecule has 2 aliphatic rings. The number of hydrogen-bond acceptors (Lipinski definition) is 3. The highest BCUT2D eigenvalue weighted by atomic mass is 19.1. The first-order valence-electron chi connectivity index (χ1n) is 11.6. The smallest absolute Gasteiger partial charge is 0.321 e. The summed E-state index contributed by atoms with van der Waals surface area (Å²) in [6.07, 6.45) is 6.30. The van der Waals surface area contributed by atoms with Gasteiger partial charge in [-0.2, -0.15) is 0 Å². The highest BCUT2D eigenvalue weighted by molar-refractivity contribution is 5.92. The van der Waals surface area contributed by atoms with Crippen molar-refractivity contribution in [1.82, 2.24) is 14.8 Å². The lowest BCUT2D eigenvalue weighted by atomic mass is 9.89. The summed E-state index contributed by atoms with van der Waals surface area (Å²) in [6, 6.07) is 14.8. The lowest BCUT2D eigenvalue weighted by molar-refractivity contribution is 0.194. The average molecular weight is 433 g/mol. The average Bonchev–Trinajstić information content (AvgIpc) is 3.33. The van der Waals surface area contributed by atoms with Crippen molar-refractivity contribution >= 4 is 22.6 Å². The maximum Gasteiger partial charge on any atom is 0.321 e. The fraction of sp³-hybridized carbons (Fsp3) is 0.385. The van der Waals surface area contributed by atoms with Crippen molar-refractivity contribution in [2.24, 2.45) is 0 Å². The van der Waals surface area contributed by atoms with Crippen LogP contribution in [0.2, 0.25) is 0 Å². The molecule has 0 spiro atoms. The van der Waals surface area contributed by atoms with Crippen LogP contribution in [0.5, 0.6) is 0 Å². The van der Waals surface area contributed by atoms with E-state index >= 15 is 0 Å². The number of piperidine rings is 1. The Morgan fingerprint density at radius 3 is 2.50 bits per heavy atom. The van der Waals surface area contributed by atoms with E-state index in [1.54, 1.807) is 0 Å². The van der Waals surface area contributed by atoms with Gasteiger partial charge < -0.3 is 10.2 Å². The van der Waals surface area contributed by atoms with Gasteiger partial charge in [-0.15, -0.1) is 0 Å². The van der Waals surface area contributed by atoms with E-state index in [0.717, 1.165) is 41.5 Å². The zero-order valence-corrected chi connectivity index (χ0v) is 18.3. The molecule has 2 saturated heterocycles. The molecule has 0 aliphatic carbocycles. The van der Waals surface area contributed by atoms with Crippen molar-refractivity contribution in [2.75, 3.05) is 31.5 Å². The monoisotopic (exact) mass is 432 g/mol. The number of hydrogen-bond donors (Lipinski definition) is 1. The third-order valence-corrected chi connectivity index (χ3v) is 6.72. The predicted octanol–water partition coefficient (Wildman–Crippen LogP) is 5.38. The number of anilines is 1. The minimum atomic E-state index is -0.210. The van der Waals surface area contributed by atoms with Crippen LogP contribution in [0.4, 0.5) is 14.9 Å². The van der Waals surface area contributed by atoms with Gasteiger partial charge in [0.25, 0.3) is 0 Å². The van der Waals surface area contributed by atoms with E-state index in [2.05, 4.69) is 21.3 Å². The van der Waals surface area contributed by atoms with Gasteiger partial charge in [-0.1, -0.05) is 18.2 Å². The van der Waals surface area contributed by atoms with Crippen LogP contribution in [0.1, 0.15) is 42.7 Å². The van der Waals surface area contributed by atoms with Crippen molar-refractivity contribution in [1.29, 1.82) is 0 Å². The van der Waals surface area contributed by atoms with Crippen LogP contribution in [-0.2, 0) is 6.54 Å². The summed E-state index contributed by atoms with van der Waals surface area (Å²) < 4.78 is 13.2. The molecular weight excluding hydrogens is 403 g/mol. The maximum atomic E-state index is 13.2. The lowest BCUT2D eigenvalue weighted by Crippen LogP contribution is -2.40. The fourth-order valence-corrected chi connectivity index (χ4v) is 4.88. The number of amides is 2. The van der Waals surface area contributed by atoms with E-state index in [9.17, 15) is 9.18 Å². The SMILES string of the molecule is O=C(Nc1ccc2cc(CN3CCCC3)cnc2c1)N1CCC(c2ccc(F)cc2)CC1. The fourth-order valence-electron chi connectivity index (χ4n) is 4.88. The zero-order valence-electron chi connectivity index (χ0n) is 18.3. The number of aromatic nitrogens is 1. The molecular formula is C26H29FN4O. The number of fused-ring (bicyclic) bond motifs is 1. The van der Waals surface area contributed by atoms with Crippen LogP contribution in [0.15, 0.2) is 54.7 Å². The molecule has 5 nitrogen and oxygen atoms in total. The van der Waals surface area contributed by atoms with E-state index in [0.29, 0.717) is 19.0 Å². The minimum absolute atomic E-state index is 0.0763. The van der Waals surface area contributed by atoms with Gasteiger partial charge in [0.2, 0.25) is 0 Å². The standard InChI is InChI=1S/C26H29FN4O/c27-23-6-3-20(4-7-23)21-9-13-31(14-10-21)26(32)29-24-8-5-22-15-19(17-28-25(22)16-24)18-30-11-1-2-12-30/h3-8,15-17,21H,1-2,9-14,18H2,(H,29,32). The largest absolute Gasteiger partial charge is 0.324 e. The van der Waals surface area contributed by atoms with Crippen LogP contribution >= 0.6 is 0 Å². The van der Waals surface area contributed by atoms with Gasteiger partial charge in [0.05, 0.1) is 5.52 Å². The Labute approximate surface area is 188 Å². The number of rotatable bonds is 4. The van der Waals surface area contributed by atoms with Crippen LogP contribution in [-0.4, -0.2) is 47.0 Å². The number of urea groups is 1. The van der Waals surface area contributed by atoms with Crippen molar-refractivity contribution < 1.29 is 9.18 Å². The van der Waals surface area contributed by atoms with Gasteiger partial charge in [0.1, 0.15) is 5.82 Å². The normalized spacial score (nSPS) is 17.7. The van der Waals surface area contributed by atoms with E-state index in [4.69, 9.17) is 0 Å². The molecule has 0 saturated carbocycles. The third-order valence-electron chi connectivity index (χ3n) is 6.72. The number of pyridine rings is 1. The molecule has 2 aliphatic heterocycles. The molecule has 6 heteroatoms. The van der Waals surface area contributed by atoms with E-state index in [1.165, 1.54) is 43.6 Å². The van der Waals surface area contributed by atoms with Gasteiger partial charge in [0, 0.05) is 36.9 Å². The zero-order chi connectivity index (χ0) is 21.9. The first-order valence-corrected chi connectivity index (χ1v) is 11.6. The van der Waals surface area contributed by atoms with E-state index < -0.39 is 0 Å². The highest BCUT2D eigenvalue weighted by Gasteiger charge is 2.24. The third kappa shape index (κ3) is 4.75. The Hall–Kier alpha value is -2.99. The first kappa shape index (κ1) is 20.9. The summed E-state index contributed by atoms with van der Waals surface area (Å²) >= 11 is 0. The number of likely N-dealkylation sites (tertiary alicyclic amines) is 2.